The monoisotopic (exact) mass is 283 g/mol. The fourth-order valence-corrected chi connectivity index (χ4v) is 3.95. The first-order valence-electron chi connectivity index (χ1n) is 6.58. The van der Waals surface area contributed by atoms with Crippen molar-refractivity contribution in [3.63, 3.8) is 0 Å². The topological polar surface area (TPSA) is 55.4 Å². The normalized spacial score (nSPS) is 24.3. The van der Waals surface area contributed by atoms with Gasteiger partial charge in [-0.1, -0.05) is 29.8 Å². The largest absolute Gasteiger partial charge is 0.381 e. The zero-order valence-corrected chi connectivity index (χ0v) is 12.2. The van der Waals surface area contributed by atoms with E-state index in [1.807, 2.05) is 6.92 Å². The molecule has 1 heterocycles. The van der Waals surface area contributed by atoms with Crippen LogP contribution in [-0.4, -0.2) is 33.9 Å². The lowest BCUT2D eigenvalue weighted by molar-refractivity contribution is 0.0570. The van der Waals surface area contributed by atoms with E-state index in [0.717, 1.165) is 12.0 Å². The van der Waals surface area contributed by atoms with Crippen LogP contribution in [0.15, 0.2) is 24.3 Å². The van der Waals surface area contributed by atoms with E-state index in [4.69, 9.17) is 4.74 Å². The van der Waals surface area contributed by atoms with Gasteiger partial charge in [0.05, 0.1) is 11.9 Å². The summed E-state index contributed by atoms with van der Waals surface area (Å²) >= 11 is 0. The average molecular weight is 283 g/mol. The molecule has 0 aliphatic carbocycles. The van der Waals surface area contributed by atoms with Crippen LogP contribution in [0.1, 0.15) is 17.5 Å². The zero-order valence-electron chi connectivity index (χ0n) is 11.4. The van der Waals surface area contributed by atoms with Crippen molar-refractivity contribution in [3.8, 4) is 0 Å². The fourth-order valence-electron chi connectivity index (χ4n) is 2.55. The van der Waals surface area contributed by atoms with Gasteiger partial charge in [0, 0.05) is 12.5 Å². The minimum absolute atomic E-state index is 0.0221. The molecular formula is C14H21NO3S. The maximum absolute atomic E-state index is 12.0. The Morgan fingerprint density at radius 3 is 2.63 bits per heavy atom. The van der Waals surface area contributed by atoms with E-state index in [9.17, 15) is 8.42 Å². The first kappa shape index (κ1) is 14.5. The van der Waals surface area contributed by atoms with Gasteiger partial charge in [-0.2, -0.15) is 0 Å². The molecule has 1 aromatic carbocycles. The summed E-state index contributed by atoms with van der Waals surface area (Å²) in [5, 5.41) is -0.354. The van der Waals surface area contributed by atoms with Gasteiger partial charge in [0.15, 0.2) is 0 Å². The number of benzene rings is 1. The molecule has 1 N–H and O–H groups in total. The van der Waals surface area contributed by atoms with Crippen molar-refractivity contribution in [2.24, 2.45) is 5.92 Å². The van der Waals surface area contributed by atoms with Crippen LogP contribution in [0.25, 0.3) is 0 Å². The van der Waals surface area contributed by atoms with E-state index in [-0.39, 0.29) is 11.2 Å². The van der Waals surface area contributed by atoms with Crippen molar-refractivity contribution >= 4 is 10.0 Å². The van der Waals surface area contributed by atoms with Gasteiger partial charge >= 0.3 is 0 Å². The van der Waals surface area contributed by atoms with E-state index >= 15 is 0 Å². The molecule has 19 heavy (non-hydrogen) atoms. The summed E-state index contributed by atoms with van der Waals surface area (Å²) in [6.07, 6.45) is 1.31. The van der Waals surface area contributed by atoms with Crippen LogP contribution in [-0.2, 0) is 21.2 Å². The minimum Gasteiger partial charge on any atom is -0.381 e. The molecule has 0 radical (unpaired) electrons. The molecule has 0 aromatic heterocycles. The molecule has 1 saturated heterocycles. The number of rotatable bonds is 4. The molecule has 5 heteroatoms. The Kier molecular flexibility index (Phi) is 4.60. The first-order valence-corrected chi connectivity index (χ1v) is 8.13. The summed E-state index contributed by atoms with van der Waals surface area (Å²) in [6, 6.07) is 8.24. The first-order chi connectivity index (χ1) is 9.03. The number of hydrogen-bond acceptors (Lipinski definition) is 3. The van der Waals surface area contributed by atoms with E-state index in [1.165, 1.54) is 12.6 Å². The standard InChI is InChI=1S/C14H21NO3S/c1-11-3-5-12(6-4-11)9-13-10-18-8-7-14(13)19(16,17)15-2/h3-6,13-15H,7-10H2,1-2H3/t13-,14-/m0/s1. The highest BCUT2D eigenvalue weighted by atomic mass is 32.2. The van der Waals surface area contributed by atoms with Crippen molar-refractivity contribution in [3.05, 3.63) is 35.4 Å². The van der Waals surface area contributed by atoms with Crippen LogP contribution in [0, 0.1) is 12.8 Å². The van der Waals surface area contributed by atoms with Gasteiger partial charge < -0.3 is 4.74 Å². The van der Waals surface area contributed by atoms with Crippen LogP contribution in [0.5, 0.6) is 0 Å². The SMILES string of the molecule is CNS(=O)(=O)[C@H]1CCOC[C@@H]1Cc1ccc(C)cc1. The summed E-state index contributed by atoms with van der Waals surface area (Å²) < 4.78 is 32.0. The van der Waals surface area contributed by atoms with Crippen LogP contribution in [0.3, 0.4) is 0 Å². The molecular weight excluding hydrogens is 262 g/mol. The summed E-state index contributed by atoms with van der Waals surface area (Å²) in [5.74, 6) is 0.0221. The lowest BCUT2D eigenvalue weighted by Gasteiger charge is -2.31. The van der Waals surface area contributed by atoms with E-state index in [0.29, 0.717) is 19.6 Å². The average Bonchev–Trinajstić information content (AvgIpc) is 2.42. The number of ether oxygens (including phenoxy) is 1. The molecule has 1 aliphatic rings. The second-order valence-corrected chi connectivity index (χ2v) is 7.20. The molecule has 106 valence electrons. The molecule has 1 aromatic rings. The Balaban J connectivity index is 2.14. The van der Waals surface area contributed by atoms with Gasteiger partial charge in [0.1, 0.15) is 0 Å². The van der Waals surface area contributed by atoms with Crippen molar-refractivity contribution in [1.82, 2.24) is 4.72 Å². The smallest absolute Gasteiger partial charge is 0.214 e. The highest BCUT2D eigenvalue weighted by Gasteiger charge is 2.35. The van der Waals surface area contributed by atoms with E-state index < -0.39 is 10.0 Å². The molecule has 0 saturated carbocycles. The van der Waals surface area contributed by atoms with E-state index in [1.54, 1.807) is 0 Å². The summed E-state index contributed by atoms with van der Waals surface area (Å²) in [4.78, 5) is 0. The Labute approximate surface area is 115 Å². The molecule has 0 bridgehead atoms. The summed E-state index contributed by atoms with van der Waals surface area (Å²) in [7, 11) is -1.75. The van der Waals surface area contributed by atoms with Crippen molar-refractivity contribution < 1.29 is 13.2 Å². The number of hydrogen-bond donors (Lipinski definition) is 1. The van der Waals surface area contributed by atoms with Crippen LogP contribution in [0.4, 0.5) is 0 Å². The van der Waals surface area contributed by atoms with E-state index in [2.05, 4.69) is 29.0 Å². The minimum atomic E-state index is -3.23. The third-order valence-electron chi connectivity index (χ3n) is 3.71. The van der Waals surface area contributed by atoms with Crippen molar-refractivity contribution in [2.45, 2.75) is 25.0 Å². The summed E-state index contributed by atoms with van der Waals surface area (Å²) in [6.45, 7) is 3.08. The molecule has 2 rings (SSSR count). The Morgan fingerprint density at radius 1 is 1.32 bits per heavy atom. The summed E-state index contributed by atoms with van der Waals surface area (Å²) in [5.41, 5.74) is 2.38. The number of sulfonamides is 1. The lowest BCUT2D eigenvalue weighted by Crippen LogP contribution is -2.43. The molecule has 2 atom stereocenters. The molecule has 0 unspecified atom stereocenters. The van der Waals surface area contributed by atoms with Gasteiger partial charge in [-0.3, -0.25) is 0 Å². The Hall–Kier alpha value is -0.910. The predicted octanol–water partition coefficient (Wildman–Crippen LogP) is 1.49. The molecule has 1 fully saturated rings. The van der Waals surface area contributed by atoms with Gasteiger partial charge in [0.2, 0.25) is 10.0 Å². The lowest BCUT2D eigenvalue weighted by atomic mass is 9.93. The Morgan fingerprint density at radius 2 is 2.00 bits per heavy atom. The maximum atomic E-state index is 12.0. The highest BCUT2D eigenvalue weighted by molar-refractivity contribution is 7.90. The molecule has 4 nitrogen and oxygen atoms in total. The van der Waals surface area contributed by atoms with Crippen molar-refractivity contribution in [2.75, 3.05) is 20.3 Å². The fraction of sp³-hybridized carbons (Fsp3) is 0.571. The second kappa shape index (κ2) is 6.03. The van der Waals surface area contributed by atoms with Gasteiger partial charge in [-0.05, 0) is 32.4 Å². The molecule has 0 amide bonds. The van der Waals surface area contributed by atoms with Crippen molar-refractivity contribution in [1.29, 1.82) is 0 Å². The van der Waals surface area contributed by atoms with Crippen LogP contribution < -0.4 is 4.72 Å². The second-order valence-electron chi connectivity index (χ2n) is 5.10. The maximum Gasteiger partial charge on any atom is 0.214 e. The van der Waals surface area contributed by atoms with Crippen LogP contribution in [0.2, 0.25) is 0 Å². The number of nitrogens with one attached hydrogen (secondary N) is 1. The number of aryl methyl sites for hydroxylation is 1. The van der Waals surface area contributed by atoms with Gasteiger partial charge in [-0.25, -0.2) is 13.1 Å². The predicted molar refractivity (Wildman–Crippen MR) is 75.6 cm³/mol. The third-order valence-corrected chi connectivity index (χ3v) is 5.69. The third kappa shape index (κ3) is 3.55. The van der Waals surface area contributed by atoms with Gasteiger partial charge in [-0.15, -0.1) is 0 Å². The zero-order chi connectivity index (χ0) is 13.9. The molecule has 1 aliphatic heterocycles. The quantitative estimate of drug-likeness (QED) is 0.911. The Bertz CT molecular complexity index is 510. The van der Waals surface area contributed by atoms with Crippen LogP contribution >= 0.6 is 0 Å². The van der Waals surface area contributed by atoms with Gasteiger partial charge in [0.25, 0.3) is 0 Å². The molecule has 0 spiro atoms. The highest BCUT2D eigenvalue weighted by Crippen LogP contribution is 2.25.